The van der Waals surface area contributed by atoms with Gasteiger partial charge in [0, 0.05) is 36.8 Å². The van der Waals surface area contributed by atoms with Gasteiger partial charge in [0.25, 0.3) is 0 Å². The Morgan fingerprint density at radius 1 is 1.20 bits per heavy atom. The Hall–Kier alpha value is -1.87. The Balaban J connectivity index is 2.24. The molecule has 0 radical (unpaired) electrons. The summed E-state index contributed by atoms with van der Waals surface area (Å²) in [6.07, 6.45) is 0.0907. The maximum atomic E-state index is 13.2. The summed E-state index contributed by atoms with van der Waals surface area (Å²) in [6.45, 7) is 0. The molecule has 0 N–H and O–H groups in total. The van der Waals surface area contributed by atoms with Gasteiger partial charge < -0.3 is 4.90 Å². The zero-order chi connectivity index (χ0) is 14.7. The predicted molar refractivity (Wildman–Crippen MR) is 80.2 cm³/mol. The zero-order valence-corrected chi connectivity index (χ0v) is 12.1. The Kier molecular flexibility index (Phi) is 4.40. The molecule has 0 aromatic heterocycles. The summed E-state index contributed by atoms with van der Waals surface area (Å²) < 4.78 is 13.2. The first-order valence-corrected chi connectivity index (χ1v) is 6.59. The fourth-order valence-corrected chi connectivity index (χ4v) is 2.10. The summed E-state index contributed by atoms with van der Waals surface area (Å²) >= 11 is 5.98. The molecule has 0 amide bonds. The Morgan fingerprint density at radius 3 is 2.65 bits per heavy atom. The van der Waals surface area contributed by atoms with E-state index in [1.54, 1.807) is 6.07 Å². The lowest BCUT2D eigenvalue weighted by molar-refractivity contribution is 0.0993. The summed E-state index contributed by atoms with van der Waals surface area (Å²) in [5.41, 5.74) is 2.05. The van der Waals surface area contributed by atoms with Crippen LogP contribution in [0, 0.1) is 5.82 Å². The van der Waals surface area contributed by atoms with Gasteiger partial charge in [-0.05, 0) is 35.9 Å². The van der Waals surface area contributed by atoms with Crippen molar-refractivity contribution >= 4 is 23.1 Å². The third kappa shape index (κ3) is 3.36. The van der Waals surface area contributed by atoms with Gasteiger partial charge in [0.1, 0.15) is 5.82 Å². The molecule has 2 nitrogen and oxygen atoms in total. The van der Waals surface area contributed by atoms with Gasteiger partial charge in [-0.25, -0.2) is 4.39 Å². The van der Waals surface area contributed by atoms with Crippen molar-refractivity contribution in [2.45, 2.75) is 6.42 Å². The molecule has 0 saturated carbocycles. The molecule has 4 heteroatoms. The van der Waals surface area contributed by atoms with Gasteiger partial charge in [-0.1, -0.05) is 23.7 Å². The molecule has 2 aromatic rings. The lowest BCUT2D eigenvalue weighted by Gasteiger charge is -2.13. The van der Waals surface area contributed by atoms with Crippen LogP contribution in [0.5, 0.6) is 0 Å². The van der Waals surface area contributed by atoms with E-state index in [1.807, 2.05) is 37.2 Å². The van der Waals surface area contributed by atoms with Crippen LogP contribution in [0.2, 0.25) is 5.02 Å². The van der Waals surface area contributed by atoms with Gasteiger partial charge in [-0.3, -0.25) is 4.79 Å². The van der Waals surface area contributed by atoms with Crippen LogP contribution in [-0.2, 0) is 6.42 Å². The molecular formula is C16H15ClFNO. The number of benzene rings is 2. The quantitative estimate of drug-likeness (QED) is 0.795. The minimum Gasteiger partial charge on any atom is -0.378 e. The summed E-state index contributed by atoms with van der Waals surface area (Å²) in [4.78, 5) is 14.2. The molecule has 0 spiro atoms. The molecule has 0 unspecified atom stereocenters. The molecule has 0 bridgehead atoms. The van der Waals surface area contributed by atoms with Crippen molar-refractivity contribution < 1.29 is 9.18 Å². The highest BCUT2D eigenvalue weighted by molar-refractivity contribution is 6.31. The highest BCUT2D eigenvalue weighted by Crippen LogP contribution is 2.20. The van der Waals surface area contributed by atoms with Crippen molar-refractivity contribution in [2.24, 2.45) is 0 Å². The van der Waals surface area contributed by atoms with E-state index in [0.717, 1.165) is 5.69 Å². The molecule has 2 aromatic carbocycles. The van der Waals surface area contributed by atoms with Gasteiger partial charge in [0.15, 0.2) is 5.78 Å². The van der Waals surface area contributed by atoms with Crippen molar-refractivity contribution in [1.82, 2.24) is 0 Å². The highest BCUT2D eigenvalue weighted by Gasteiger charge is 2.11. The molecule has 0 atom stereocenters. The van der Waals surface area contributed by atoms with E-state index in [-0.39, 0.29) is 18.0 Å². The number of hydrogen-bond donors (Lipinski definition) is 0. The van der Waals surface area contributed by atoms with Gasteiger partial charge >= 0.3 is 0 Å². The van der Waals surface area contributed by atoms with Crippen molar-refractivity contribution in [3.05, 3.63) is 64.4 Å². The number of rotatable bonds is 4. The lowest BCUT2D eigenvalue weighted by Crippen LogP contribution is -2.10. The number of carbonyl (C=O) groups is 1. The van der Waals surface area contributed by atoms with Crippen molar-refractivity contribution in [1.29, 1.82) is 0 Å². The second-order valence-corrected chi connectivity index (χ2v) is 5.19. The summed E-state index contributed by atoms with van der Waals surface area (Å²) in [6, 6.07) is 11.4. The minimum absolute atomic E-state index is 0.0822. The molecule has 0 aliphatic heterocycles. The first kappa shape index (κ1) is 14.5. The molecule has 0 fully saturated rings. The topological polar surface area (TPSA) is 20.3 Å². The van der Waals surface area contributed by atoms with Crippen LogP contribution in [0.3, 0.4) is 0 Å². The van der Waals surface area contributed by atoms with Gasteiger partial charge in [0.05, 0.1) is 0 Å². The number of anilines is 1. The van der Waals surface area contributed by atoms with Crippen molar-refractivity contribution in [3.63, 3.8) is 0 Å². The van der Waals surface area contributed by atoms with Crippen LogP contribution in [0.4, 0.5) is 10.1 Å². The average molecular weight is 292 g/mol. The summed E-state index contributed by atoms with van der Waals surface area (Å²) in [5, 5.41) is 0.406. The molecule has 2 rings (SSSR count). The largest absolute Gasteiger partial charge is 0.378 e. The Labute approximate surface area is 122 Å². The lowest BCUT2D eigenvalue weighted by atomic mass is 10.0. The van der Waals surface area contributed by atoms with E-state index in [4.69, 9.17) is 11.6 Å². The average Bonchev–Trinajstić information content (AvgIpc) is 2.43. The molecule has 0 aliphatic carbocycles. The van der Waals surface area contributed by atoms with Gasteiger partial charge in [-0.2, -0.15) is 0 Å². The molecule has 0 heterocycles. The fraction of sp³-hybridized carbons (Fsp3) is 0.188. The maximum Gasteiger partial charge on any atom is 0.167 e. The summed E-state index contributed by atoms with van der Waals surface area (Å²) in [7, 11) is 3.82. The highest BCUT2D eigenvalue weighted by atomic mass is 35.5. The minimum atomic E-state index is -0.390. The van der Waals surface area contributed by atoms with Crippen LogP contribution >= 0.6 is 11.6 Å². The number of ketones is 1. The standard InChI is InChI=1S/C16H15ClFNO/c1-19(2)14-5-3-4-11(9-14)16(20)10-12-8-13(18)6-7-15(12)17/h3-9H,10H2,1-2H3. The number of Topliss-reactive ketones (excluding diaryl/α,β-unsaturated/α-hetero) is 1. The second kappa shape index (κ2) is 6.06. The monoisotopic (exact) mass is 291 g/mol. The molecule has 0 aliphatic rings. The van der Waals surface area contributed by atoms with E-state index in [2.05, 4.69) is 0 Å². The van der Waals surface area contributed by atoms with E-state index < -0.39 is 0 Å². The van der Waals surface area contributed by atoms with Crippen molar-refractivity contribution in [3.8, 4) is 0 Å². The summed E-state index contributed by atoms with van der Waals surface area (Å²) in [5.74, 6) is -0.472. The van der Waals surface area contributed by atoms with Crippen LogP contribution < -0.4 is 4.90 Å². The SMILES string of the molecule is CN(C)c1cccc(C(=O)Cc2cc(F)ccc2Cl)c1. The molecule has 20 heavy (non-hydrogen) atoms. The van der Waals surface area contributed by atoms with E-state index in [0.29, 0.717) is 16.1 Å². The van der Waals surface area contributed by atoms with E-state index in [1.165, 1.54) is 18.2 Å². The van der Waals surface area contributed by atoms with E-state index in [9.17, 15) is 9.18 Å². The zero-order valence-electron chi connectivity index (χ0n) is 11.4. The van der Waals surface area contributed by atoms with Crippen LogP contribution in [0.15, 0.2) is 42.5 Å². The molecule has 104 valence electrons. The van der Waals surface area contributed by atoms with Crippen molar-refractivity contribution in [2.75, 3.05) is 19.0 Å². The van der Waals surface area contributed by atoms with Crippen LogP contribution in [0.1, 0.15) is 15.9 Å². The maximum absolute atomic E-state index is 13.2. The number of hydrogen-bond acceptors (Lipinski definition) is 2. The molecule has 0 saturated heterocycles. The Morgan fingerprint density at radius 2 is 1.95 bits per heavy atom. The number of halogens is 2. The first-order chi connectivity index (χ1) is 9.47. The van der Waals surface area contributed by atoms with Gasteiger partial charge in [-0.15, -0.1) is 0 Å². The molecular weight excluding hydrogens is 277 g/mol. The van der Waals surface area contributed by atoms with Crippen LogP contribution in [0.25, 0.3) is 0 Å². The van der Waals surface area contributed by atoms with Crippen LogP contribution in [-0.4, -0.2) is 19.9 Å². The second-order valence-electron chi connectivity index (χ2n) is 4.78. The van der Waals surface area contributed by atoms with Gasteiger partial charge in [0.2, 0.25) is 0 Å². The normalized spacial score (nSPS) is 10.4. The smallest absolute Gasteiger partial charge is 0.167 e. The third-order valence-electron chi connectivity index (χ3n) is 3.04. The van der Waals surface area contributed by atoms with E-state index >= 15 is 0 Å². The first-order valence-electron chi connectivity index (χ1n) is 6.22. The predicted octanol–water partition coefficient (Wildman–Crippen LogP) is 3.97. The third-order valence-corrected chi connectivity index (χ3v) is 3.41. The Bertz CT molecular complexity index is 640. The number of nitrogens with zero attached hydrogens (tertiary/aromatic N) is 1. The fourth-order valence-electron chi connectivity index (χ4n) is 1.91. The number of carbonyl (C=O) groups excluding carboxylic acids is 1.